The molecule has 0 bridgehead atoms. The molecule has 0 unspecified atom stereocenters. The van der Waals surface area contributed by atoms with Crippen LogP contribution in [0.3, 0.4) is 0 Å². The molecule has 0 aliphatic carbocycles. The van der Waals surface area contributed by atoms with E-state index in [1.807, 2.05) is 32.9 Å². The van der Waals surface area contributed by atoms with Gasteiger partial charge in [0.2, 0.25) is 0 Å². The van der Waals surface area contributed by atoms with Gasteiger partial charge in [-0.1, -0.05) is 12.1 Å². The molecule has 2 nitrogen and oxygen atoms in total. The highest BCUT2D eigenvalue weighted by atomic mass is 35.5. The highest BCUT2D eigenvalue weighted by Crippen LogP contribution is 2.24. The van der Waals surface area contributed by atoms with E-state index in [-0.39, 0.29) is 18.4 Å². The summed E-state index contributed by atoms with van der Waals surface area (Å²) < 4.78 is 0. The molecule has 0 saturated heterocycles. The van der Waals surface area contributed by atoms with E-state index in [9.17, 15) is 5.11 Å². The van der Waals surface area contributed by atoms with Crippen molar-refractivity contribution in [2.24, 2.45) is 5.73 Å². The molecule has 13 heavy (non-hydrogen) atoms. The summed E-state index contributed by atoms with van der Waals surface area (Å²) in [6.45, 7) is 5.70. The molecule has 0 aromatic heterocycles. The van der Waals surface area contributed by atoms with Crippen molar-refractivity contribution in [3.8, 4) is 5.75 Å². The Morgan fingerprint density at radius 3 is 1.92 bits per heavy atom. The lowest BCUT2D eigenvalue weighted by Gasteiger charge is -2.10. The summed E-state index contributed by atoms with van der Waals surface area (Å²) in [4.78, 5) is 0. The van der Waals surface area contributed by atoms with E-state index >= 15 is 0 Å². The van der Waals surface area contributed by atoms with Crippen LogP contribution in [0.5, 0.6) is 5.75 Å². The first-order chi connectivity index (χ1) is 5.52. The molecule has 0 aliphatic rings. The maximum Gasteiger partial charge on any atom is 0.121 e. The Kier molecular flexibility index (Phi) is 4.24. The van der Waals surface area contributed by atoms with Gasteiger partial charge in [0.25, 0.3) is 0 Å². The molecular formula is C10H16ClNO. The van der Waals surface area contributed by atoms with E-state index in [0.717, 1.165) is 16.7 Å². The van der Waals surface area contributed by atoms with E-state index in [4.69, 9.17) is 5.73 Å². The molecule has 0 fully saturated rings. The van der Waals surface area contributed by atoms with Gasteiger partial charge in [0.1, 0.15) is 5.75 Å². The van der Waals surface area contributed by atoms with Gasteiger partial charge in [0.15, 0.2) is 0 Å². The van der Waals surface area contributed by atoms with Gasteiger partial charge in [-0.05, 0) is 37.5 Å². The molecule has 0 spiro atoms. The largest absolute Gasteiger partial charge is 0.507 e. The second-order valence-electron chi connectivity index (χ2n) is 3.29. The number of phenolic OH excluding ortho intramolecular Hbond substituents is 1. The lowest BCUT2D eigenvalue weighted by atomic mass is 10.0. The average molecular weight is 202 g/mol. The molecule has 3 heteroatoms. The minimum Gasteiger partial charge on any atom is -0.507 e. The van der Waals surface area contributed by atoms with Gasteiger partial charge in [-0.25, -0.2) is 0 Å². The summed E-state index contributed by atoms with van der Waals surface area (Å²) in [5, 5.41) is 9.47. The van der Waals surface area contributed by atoms with Crippen LogP contribution < -0.4 is 5.73 Å². The predicted octanol–water partition coefficient (Wildman–Crippen LogP) is 2.45. The maximum atomic E-state index is 9.47. The van der Waals surface area contributed by atoms with Gasteiger partial charge in [0, 0.05) is 6.04 Å². The maximum absolute atomic E-state index is 9.47. The highest BCUT2D eigenvalue weighted by Gasteiger charge is 2.05. The minimum atomic E-state index is 0. The first kappa shape index (κ1) is 12.3. The summed E-state index contributed by atoms with van der Waals surface area (Å²) in [5.41, 5.74) is 8.57. The van der Waals surface area contributed by atoms with Crippen LogP contribution in [0, 0.1) is 13.8 Å². The molecule has 0 saturated carbocycles. The third-order valence-corrected chi connectivity index (χ3v) is 2.04. The zero-order chi connectivity index (χ0) is 9.30. The Hall–Kier alpha value is -0.730. The SMILES string of the molecule is Cc1cc([C@@H](C)N)cc(C)c1O.Cl. The zero-order valence-electron chi connectivity index (χ0n) is 8.16. The van der Waals surface area contributed by atoms with Crippen LogP contribution in [0.2, 0.25) is 0 Å². The van der Waals surface area contributed by atoms with E-state index in [0.29, 0.717) is 5.75 Å². The first-order valence-electron chi connectivity index (χ1n) is 4.08. The third-order valence-electron chi connectivity index (χ3n) is 2.04. The van der Waals surface area contributed by atoms with Crippen LogP contribution in [0.1, 0.15) is 29.7 Å². The molecule has 3 N–H and O–H groups in total. The van der Waals surface area contributed by atoms with Crippen molar-refractivity contribution in [2.45, 2.75) is 26.8 Å². The van der Waals surface area contributed by atoms with E-state index in [2.05, 4.69) is 0 Å². The van der Waals surface area contributed by atoms with Gasteiger partial charge in [-0.2, -0.15) is 0 Å². The molecule has 74 valence electrons. The summed E-state index contributed by atoms with van der Waals surface area (Å²) in [7, 11) is 0. The number of nitrogens with two attached hydrogens (primary N) is 1. The molecule has 0 aliphatic heterocycles. The van der Waals surface area contributed by atoms with Crippen LogP contribution in [0.4, 0.5) is 0 Å². The lowest BCUT2D eigenvalue weighted by molar-refractivity contribution is 0.466. The summed E-state index contributed by atoms with van der Waals surface area (Å²) in [6.07, 6.45) is 0. The Morgan fingerprint density at radius 2 is 1.62 bits per heavy atom. The van der Waals surface area contributed by atoms with Crippen molar-refractivity contribution < 1.29 is 5.11 Å². The third kappa shape index (κ3) is 2.61. The second kappa shape index (κ2) is 4.49. The molecule has 0 radical (unpaired) electrons. The second-order valence-corrected chi connectivity index (χ2v) is 3.29. The number of halogens is 1. The van der Waals surface area contributed by atoms with Crippen LogP contribution in [0.15, 0.2) is 12.1 Å². The fourth-order valence-electron chi connectivity index (χ4n) is 1.25. The summed E-state index contributed by atoms with van der Waals surface area (Å²) >= 11 is 0. The first-order valence-corrected chi connectivity index (χ1v) is 4.08. The number of hydrogen-bond donors (Lipinski definition) is 2. The molecule has 1 aromatic rings. The van der Waals surface area contributed by atoms with Crippen molar-refractivity contribution in [2.75, 3.05) is 0 Å². The van der Waals surface area contributed by atoms with Crippen molar-refractivity contribution in [3.63, 3.8) is 0 Å². The highest BCUT2D eigenvalue weighted by molar-refractivity contribution is 5.85. The number of phenols is 1. The summed E-state index contributed by atoms with van der Waals surface area (Å²) in [6, 6.07) is 3.88. The van der Waals surface area contributed by atoms with Gasteiger partial charge < -0.3 is 10.8 Å². The van der Waals surface area contributed by atoms with E-state index in [1.165, 1.54) is 0 Å². The summed E-state index contributed by atoms with van der Waals surface area (Å²) in [5.74, 6) is 0.374. The smallest absolute Gasteiger partial charge is 0.121 e. The molecular weight excluding hydrogens is 186 g/mol. The normalized spacial score (nSPS) is 12.0. The molecule has 1 rings (SSSR count). The van der Waals surface area contributed by atoms with Gasteiger partial charge in [-0.3, -0.25) is 0 Å². The molecule has 0 heterocycles. The molecule has 1 aromatic carbocycles. The minimum absolute atomic E-state index is 0. The molecule has 0 amide bonds. The Morgan fingerprint density at radius 1 is 1.23 bits per heavy atom. The van der Waals surface area contributed by atoms with Gasteiger partial charge in [0.05, 0.1) is 0 Å². The van der Waals surface area contributed by atoms with Crippen LogP contribution in [-0.4, -0.2) is 5.11 Å². The average Bonchev–Trinajstić information content (AvgIpc) is 1.99. The monoisotopic (exact) mass is 201 g/mol. The molecule has 1 atom stereocenters. The van der Waals surface area contributed by atoms with Crippen molar-refractivity contribution in [3.05, 3.63) is 28.8 Å². The van der Waals surface area contributed by atoms with Gasteiger partial charge >= 0.3 is 0 Å². The van der Waals surface area contributed by atoms with Crippen LogP contribution >= 0.6 is 12.4 Å². The van der Waals surface area contributed by atoms with Crippen LogP contribution in [0.25, 0.3) is 0 Å². The number of benzene rings is 1. The topological polar surface area (TPSA) is 46.2 Å². The van der Waals surface area contributed by atoms with Crippen LogP contribution in [-0.2, 0) is 0 Å². The lowest BCUT2D eigenvalue weighted by Crippen LogP contribution is -2.05. The van der Waals surface area contributed by atoms with Crippen molar-refractivity contribution in [1.29, 1.82) is 0 Å². The fourth-order valence-corrected chi connectivity index (χ4v) is 1.25. The van der Waals surface area contributed by atoms with Crippen molar-refractivity contribution >= 4 is 12.4 Å². The Balaban J connectivity index is 0.00000144. The quantitative estimate of drug-likeness (QED) is 0.733. The Bertz CT molecular complexity index is 274. The number of aryl methyl sites for hydroxylation is 2. The van der Waals surface area contributed by atoms with E-state index < -0.39 is 0 Å². The number of hydrogen-bond acceptors (Lipinski definition) is 2. The fraction of sp³-hybridized carbons (Fsp3) is 0.400. The van der Waals surface area contributed by atoms with E-state index in [1.54, 1.807) is 0 Å². The number of rotatable bonds is 1. The standard InChI is InChI=1S/C10H15NO.ClH/c1-6-4-9(8(3)11)5-7(2)10(6)12;/h4-5,8,12H,11H2,1-3H3;1H/t8-;/m1./s1. The van der Waals surface area contributed by atoms with Crippen molar-refractivity contribution in [1.82, 2.24) is 0 Å². The Labute approximate surface area is 85.2 Å². The zero-order valence-corrected chi connectivity index (χ0v) is 8.98. The van der Waals surface area contributed by atoms with Gasteiger partial charge in [-0.15, -0.1) is 12.4 Å². The predicted molar refractivity (Wildman–Crippen MR) is 57.4 cm³/mol. The number of aromatic hydroxyl groups is 1.